The molecule has 1 N–H and O–H groups in total. The number of fused-ring (bicyclic) bond motifs is 1. The topological polar surface area (TPSA) is 31.9 Å². The van der Waals surface area contributed by atoms with Crippen LogP contribution in [0.3, 0.4) is 0 Å². The Morgan fingerprint density at radius 1 is 1.05 bits per heavy atom. The van der Waals surface area contributed by atoms with Crippen LogP contribution >= 0.6 is 0 Å². The van der Waals surface area contributed by atoms with Crippen molar-refractivity contribution in [1.29, 1.82) is 0 Å². The van der Waals surface area contributed by atoms with Crippen molar-refractivity contribution in [3.63, 3.8) is 0 Å². The summed E-state index contributed by atoms with van der Waals surface area (Å²) in [6, 6.07) is 13.0. The molecular formula is C18H21N3. The summed E-state index contributed by atoms with van der Waals surface area (Å²) >= 11 is 0. The van der Waals surface area contributed by atoms with E-state index in [2.05, 4.69) is 71.3 Å². The van der Waals surface area contributed by atoms with E-state index in [0.29, 0.717) is 0 Å². The molecular weight excluding hydrogens is 258 g/mol. The fraction of sp³-hybridized carbons (Fsp3) is 0.278. The average Bonchev–Trinajstić information content (AvgIpc) is 2.97. The van der Waals surface area contributed by atoms with Crippen molar-refractivity contribution >= 4 is 10.9 Å². The molecule has 0 saturated carbocycles. The number of pyridine rings is 1. The molecule has 0 aliphatic heterocycles. The Morgan fingerprint density at radius 3 is 2.48 bits per heavy atom. The van der Waals surface area contributed by atoms with E-state index in [1.807, 2.05) is 12.4 Å². The summed E-state index contributed by atoms with van der Waals surface area (Å²) in [5.74, 6) is 0. The van der Waals surface area contributed by atoms with Crippen LogP contribution in [0.15, 0.2) is 55.0 Å². The van der Waals surface area contributed by atoms with Crippen LogP contribution in [0.4, 0.5) is 0 Å². The Hall–Kier alpha value is -2.13. The lowest BCUT2D eigenvalue weighted by atomic mass is 9.97. The van der Waals surface area contributed by atoms with Crippen LogP contribution < -0.4 is 0 Å². The third-order valence-electron chi connectivity index (χ3n) is 4.12. The number of benzene rings is 1. The molecule has 1 atom stereocenters. The van der Waals surface area contributed by atoms with Gasteiger partial charge >= 0.3 is 0 Å². The van der Waals surface area contributed by atoms with E-state index in [-0.39, 0.29) is 6.04 Å². The molecule has 0 fully saturated rings. The van der Waals surface area contributed by atoms with Crippen molar-refractivity contribution in [1.82, 2.24) is 14.9 Å². The zero-order valence-electron chi connectivity index (χ0n) is 12.6. The van der Waals surface area contributed by atoms with Crippen LogP contribution in [0.5, 0.6) is 0 Å². The number of hydrogen-bond acceptors (Lipinski definition) is 2. The SMILES string of the molecule is CCN(CC)C(c1ccncc1)c1c[nH]c2ccccc12. The summed E-state index contributed by atoms with van der Waals surface area (Å²) < 4.78 is 0. The molecule has 3 aromatic rings. The van der Waals surface area contributed by atoms with Crippen molar-refractivity contribution in [2.75, 3.05) is 13.1 Å². The molecule has 3 heteroatoms. The third-order valence-corrected chi connectivity index (χ3v) is 4.12. The van der Waals surface area contributed by atoms with Crippen molar-refractivity contribution in [2.24, 2.45) is 0 Å². The van der Waals surface area contributed by atoms with Crippen molar-refractivity contribution in [2.45, 2.75) is 19.9 Å². The van der Waals surface area contributed by atoms with Crippen LogP contribution in [0.2, 0.25) is 0 Å². The molecule has 0 spiro atoms. The highest BCUT2D eigenvalue weighted by Gasteiger charge is 2.22. The van der Waals surface area contributed by atoms with Crippen LogP contribution in [0.1, 0.15) is 31.0 Å². The average molecular weight is 279 g/mol. The predicted octanol–water partition coefficient (Wildman–Crippen LogP) is 3.99. The van der Waals surface area contributed by atoms with Gasteiger partial charge in [-0.15, -0.1) is 0 Å². The molecule has 0 radical (unpaired) electrons. The summed E-state index contributed by atoms with van der Waals surface area (Å²) in [4.78, 5) is 10.0. The highest BCUT2D eigenvalue weighted by Crippen LogP contribution is 2.33. The monoisotopic (exact) mass is 279 g/mol. The minimum absolute atomic E-state index is 0.263. The van der Waals surface area contributed by atoms with Gasteiger partial charge in [0.05, 0.1) is 6.04 Å². The van der Waals surface area contributed by atoms with Gasteiger partial charge in [-0.05, 0) is 42.4 Å². The Balaban J connectivity index is 2.15. The van der Waals surface area contributed by atoms with Crippen molar-refractivity contribution in [3.8, 4) is 0 Å². The van der Waals surface area contributed by atoms with Gasteiger partial charge in [-0.3, -0.25) is 9.88 Å². The highest BCUT2D eigenvalue weighted by atomic mass is 15.1. The van der Waals surface area contributed by atoms with Crippen LogP contribution in [0, 0.1) is 0 Å². The smallest absolute Gasteiger partial charge is 0.0623 e. The van der Waals surface area contributed by atoms with Gasteiger partial charge in [0.25, 0.3) is 0 Å². The summed E-state index contributed by atoms with van der Waals surface area (Å²) in [6.45, 7) is 6.46. The lowest BCUT2D eigenvalue weighted by molar-refractivity contribution is 0.252. The number of nitrogens with zero attached hydrogens (tertiary/aromatic N) is 2. The Morgan fingerprint density at radius 2 is 1.76 bits per heavy atom. The molecule has 0 bridgehead atoms. The molecule has 108 valence electrons. The number of aromatic amines is 1. The number of para-hydroxylation sites is 1. The first-order chi connectivity index (χ1) is 10.3. The highest BCUT2D eigenvalue weighted by molar-refractivity contribution is 5.84. The quantitative estimate of drug-likeness (QED) is 0.765. The molecule has 0 aliphatic carbocycles. The Kier molecular flexibility index (Phi) is 4.02. The van der Waals surface area contributed by atoms with Crippen molar-refractivity contribution < 1.29 is 0 Å². The molecule has 2 heterocycles. The maximum absolute atomic E-state index is 4.16. The Bertz CT molecular complexity index is 699. The molecule has 1 unspecified atom stereocenters. The molecule has 21 heavy (non-hydrogen) atoms. The molecule has 0 saturated heterocycles. The van der Waals surface area contributed by atoms with Gasteiger partial charge < -0.3 is 4.98 Å². The van der Waals surface area contributed by atoms with Gasteiger partial charge in [-0.1, -0.05) is 32.0 Å². The number of nitrogens with one attached hydrogen (secondary N) is 1. The maximum Gasteiger partial charge on any atom is 0.0623 e. The van der Waals surface area contributed by atoms with Crippen LogP contribution in [-0.4, -0.2) is 28.0 Å². The van der Waals surface area contributed by atoms with Crippen LogP contribution in [-0.2, 0) is 0 Å². The van der Waals surface area contributed by atoms with Gasteiger partial charge in [0.1, 0.15) is 0 Å². The lowest BCUT2D eigenvalue weighted by Gasteiger charge is -2.30. The van der Waals surface area contributed by atoms with E-state index in [9.17, 15) is 0 Å². The third kappa shape index (κ3) is 2.57. The maximum atomic E-state index is 4.16. The summed E-state index contributed by atoms with van der Waals surface area (Å²) in [5.41, 5.74) is 3.82. The normalized spacial score (nSPS) is 12.9. The van der Waals surface area contributed by atoms with E-state index in [1.165, 1.54) is 22.0 Å². The lowest BCUT2D eigenvalue weighted by Crippen LogP contribution is -2.29. The van der Waals surface area contributed by atoms with Crippen LogP contribution in [0.25, 0.3) is 10.9 Å². The molecule has 3 rings (SSSR count). The minimum atomic E-state index is 0.263. The van der Waals surface area contributed by atoms with E-state index in [4.69, 9.17) is 0 Å². The number of hydrogen-bond donors (Lipinski definition) is 1. The summed E-state index contributed by atoms with van der Waals surface area (Å²) in [5, 5.41) is 1.30. The molecule has 1 aromatic carbocycles. The molecule has 0 amide bonds. The Labute approximate surface area is 125 Å². The predicted molar refractivity (Wildman–Crippen MR) is 87.3 cm³/mol. The van der Waals surface area contributed by atoms with Gasteiger partial charge in [0.2, 0.25) is 0 Å². The standard InChI is InChI=1S/C18H21N3/c1-3-21(4-2)18(14-9-11-19-12-10-14)16-13-20-17-8-6-5-7-15(16)17/h5-13,18,20H,3-4H2,1-2H3. The van der Waals surface area contributed by atoms with E-state index in [1.54, 1.807) is 0 Å². The molecule has 0 aliphatic rings. The minimum Gasteiger partial charge on any atom is -0.361 e. The van der Waals surface area contributed by atoms with Gasteiger partial charge in [-0.25, -0.2) is 0 Å². The second-order valence-electron chi connectivity index (χ2n) is 5.19. The zero-order valence-corrected chi connectivity index (χ0v) is 12.6. The number of H-pyrrole nitrogens is 1. The summed E-state index contributed by atoms with van der Waals surface area (Å²) in [6.07, 6.45) is 5.90. The first-order valence-corrected chi connectivity index (χ1v) is 7.55. The largest absolute Gasteiger partial charge is 0.361 e. The summed E-state index contributed by atoms with van der Waals surface area (Å²) in [7, 11) is 0. The second-order valence-corrected chi connectivity index (χ2v) is 5.19. The first kappa shape index (κ1) is 13.8. The second kappa shape index (κ2) is 6.10. The molecule has 3 nitrogen and oxygen atoms in total. The van der Waals surface area contributed by atoms with Gasteiger partial charge in [-0.2, -0.15) is 0 Å². The van der Waals surface area contributed by atoms with Gasteiger partial charge in [0.15, 0.2) is 0 Å². The van der Waals surface area contributed by atoms with Crippen molar-refractivity contribution in [3.05, 3.63) is 66.1 Å². The fourth-order valence-electron chi connectivity index (χ4n) is 3.04. The number of aromatic nitrogens is 2. The van der Waals surface area contributed by atoms with Gasteiger partial charge in [0, 0.05) is 29.5 Å². The fourth-order valence-corrected chi connectivity index (χ4v) is 3.04. The zero-order chi connectivity index (χ0) is 14.7. The van der Waals surface area contributed by atoms with E-state index in [0.717, 1.165) is 13.1 Å². The number of rotatable bonds is 5. The molecule has 2 aromatic heterocycles. The first-order valence-electron chi connectivity index (χ1n) is 7.55. The van der Waals surface area contributed by atoms with E-state index < -0.39 is 0 Å². The van der Waals surface area contributed by atoms with E-state index >= 15 is 0 Å².